The second kappa shape index (κ2) is 6.70. The van der Waals surface area contributed by atoms with Crippen molar-refractivity contribution in [2.24, 2.45) is 11.8 Å². The Morgan fingerprint density at radius 3 is 2.67 bits per heavy atom. The maximum absolute atomic E-state index is 11.2. The Morgan fingerprint density at radius 2 is 2.05 bits per heavy atom. The molecule has 1 fully saturated rings. The largest absolute Gasteiger partial charge is 0.376 e. The Kier molecular flexibility index (Phi) is 4.94. The minimum atomic E-state index is -0.428. The van der Waals surface area contributed by atoms with Crippen LogP contribution in [0, 0.1) is 22.0 Å². The van der Waals surface area contributed by atoms with E-state index in [1.54, 1.807) is 12.1 Å². The molecule has 0 radical (unpaired) electrons. The van der Waals surface area contributed by atoms with E-state index in [4.69, 9.17) is 0 Å². The van der Waals surface area contributed by atoms with Gasteiger partial charge in [-0.1, -0.05) is 26.7 Å². The van der Waals surface area contributed by atoms with Gasteiger partial charge in [0.1, 0.15) is 12.0 Å². The highest BCUT2D eigenvalue weighted by Crippen LogP contribution is 2.34. The number of anilines is 1. The monoisotopic (exact) mass is 290 g/mol. The third kappa shape index (κ3) is 3.60. The van der Waals surface area contributed by atoms with E-state index in [1.165, 1.54) is 12.5 Å². The smallest absolute Gasteiger partial charge is 0.293 e. The third-order valence-corrected chi connectivity index (χ3v) is 4.37. The zero-order valence-corrected chi connectivity index (χ0v) is 12.5. The van der Waals surface area contributed by atoms with Gasteiger partial charge in [-0.05, 0) is 36.8 Å². The topological polar surface area (TPSA) is 72.2 Å². The van der Waals surface area contributed by atoms with Crippen LogP contribution >= 0.6 is 0 Å². The van der Waals surface area contributed by atoms with Crippen molar-refractivity contribution in [1.29, 1.82) is 0 Å². The molecular weight excluding hydrogens is 268 g/mol. The lowest BCUT2D eigenvalue weighted by molar-refractivity contribution is -0.384. The molecule has 2 rings (SSSR count). The first-order valence-electron chi connectivity index (χ1n) is 7.53. The molecule has 0 amide bonds. The van der Waals surface area contributed by atoms with Crippen LogP contribution in [-0.4, -0.2) is 17.3 Å². The first-order chi connectivity index (χ1) is 10.0. The summed E-state index contributed by atoms with van der Waals surface area (Å²) in [7, 11) is 0. The van der Waals surface area contributed by atoms with Crippen LogP contribution in [0.4, 0.5) is 11.4 Å². The number of carbonyl (C=O) groups is 1. The number of carbonyl (C=O) groups excluding carboxylic acids is 1. The number of nitro benzene ring substituents is 1. The number of hydrogen-bond acceptors (Lipinski definition) is 4. The van der Waals surface area contributed by atoms with Crippen LogP contribution in [-0.2, 0) is 0 Å². The van der Waals surface area contributed by atoms with E-state index < -0.39 is 4.92 Å². The molecule has 0 spiro atoms. The Hall–Kier alpha value is -1.91. The molecule has 1 N–H and O–H groups in total. The summed E-state index contributed by atoms with van der Waals surface area (Å²) in [4.78, 5) is 21.5. The van der Waals surface area contributed by atoms with Gasteiger partial charge in [-0.15, -0.1) is 0 Å². The fraction of sp³-hybridized carbons (Fsp3) is 0.562. The first-order valence-corrected chi connectivity index (χ1v) is 7.53. The van der Waals surface area contributed by atoms with Gasteiger partial charge in [0.2, 0.25) is 0 Å². The van der Waals surface area contributed by atoms with Crippen LogP contribution in [0.2, 0.25) is 0 Å². The fourth-order valence-corrected chi connectivity index (χ4v) is 3.23. The molecule has 1 aromatic rings. The number of benzene rings is 1. The first kappa shape index (κ1) is 15.5. The highest BCUT2D eigenvalue weighted by atomic mass is 16.6. The number of nitrogens with zero attached hydrogens (tertiary/aromatic N) is 1. The average molecular weight is 290 g/mol. The Balaban J connectivity index is 2.25. The molecule has 2 unspecified atom stereocenters. The summed E-state index contributed by atoms with van der Waals surface area (Å²) in [5, 5.41) is 14.6. The molecule has 0 bridgehead atoms. The van der Waals surface area contributed by atoms with Gasteiger partial charge in [-0.2, -0.15) is 0 Å². The summed E-state index contributed by atoms with van der Waals surface area (Å²) < 4.78 is 0. The summed E-state index contributed by atoms with van der Waals surface area (Å²) in [6, 6.07) is 4.87. The van der Waals surface area contributed by atoms with E-state index >= 15 is 0 Å². The molecular formula is C16H22N2O3. The van der Waals surface area contributed by atoms with Crippen LogP contribution in [0.5, 0.6) is 0 Å². The van der Waals surface area contributed by atoms with Gasteiger partial charge >= 0.3 is 0 Å². The standard InChI is InChI=1S/C16H22N2O3/c1-11(2)13-5-3-4-6-14(13)17-15-8-7-12(10-19)9-16(15)18(20)21/h7-11,13-14,17H,3-6H2,1-2H3. The zero-order valence-electron chi connectivity index (χ0n) is 12.5. The van der Waals surface area contributed by atoms with Gasteiger partial charge in [0.15, 0.2) is 0 Å². The summed E-state index contributed by atoms with van der Waals surface area (Å²) in [6.07, 6.45) is 5.22. The Bertz CT molecular complexity index is 528. The summed E-state index contributed by atoms with van der Waals surface area (Å²) in [5.41, 5.74) is 0.826. The molecule has 1 aromatic carbocycles. The van der Waals surface area contributed by atoms with Crippen molar-refractivity contribution in [3.63, 3.8) is 0 Å². The maximum Gasteiger partial charge on any atom is 0.293 e. The molecule has 5 nitrogen and oxygen atoms in total. The molecule has 21 heavy (non-hydrogen) atoms. The highest BCUT2D eigenvalue weighted by molar-refractivity contribution is 5.79. The zero-order chi connectivity index (χ0) is 15.4. The number of nitro groups is 1. The lowest BCUT2D eigenvalue weighted by atomic mass is 9.77. The van der Waals surface area contributed by atoms with Crippen LogP contribution in [0.1, 0.15) is 49.9 Å². The highest BCUT2D eigenvalue weighted by Gasteiger charge is 2.29. The number of aldehydes is 1. The summed E-state index contributed by atoms with van der Waals surface area (Å²) in [5.74, 6) is 1.08. The molecule has 0 saturated heterocycles. The van der Waals surface area contributed by atoms with Gasteiger partial charge in [-0.25, -0.2) is 0 Å². The predicted octanol–water partition coefficient (Wildman–Crippen LogP) is 4.03. The fourth-order valence-electron chi connectivity index (χ4n) is 3.23. The van der Waals surface area contributed by atoms with Crippen molar-refractivity contribution < 1.29 is 9.72 Å². The molecule has 0 heterocycles. The van der Waals surface area contributed by atoms with Crippen molar-refractivity contribution in [3.8, 4) is 0 Å². The minimum absolute atomic E-state index is 0.0207. The quantitative estimate of drug-likeness (QED) is 0.504. The van der Waals surface area contributed by atoms with Crippen molar-refractivity contribution in [3.05, 3.63) is 33.9 Å². The minimum Gasteiger partial charge on any atom is -0.376 e. The van der Waals surface area contributed by atoms with E-state index in [2.05, 4.69) is 19.2 Å². The molecule has 1 aliphatic carbocycles. The molecule has 0 aromatic heterocycles. The number of hydrogen-bond donors (Lipinski definition) is 1. The van der Waals surface area contributed by atoms with Crippen LogP contribution in [0.15, 0.2) is 18.2 Å². The number of rotatable bonds is 5. The van der Waals surface area contributed by atoms with Gasteiger partial charge < -0.3 is 5.32 Å². The Morgan fingerprint density at radius 1 is 1.33 bits per heavy atom. The summed E-state index contributed by atoms with van der Waals surface area (Å²) in [6.45, 7) is 4.41. The van der Waals surface area contributed by atoms with Gasteiger partial charge in [0, 0.05) is 17.7 Å². The van der Waals surface area contributed by atoms with E-state index in [0.717, 1.165) is 19.3 Å². The summed E-state index contributed by atoms with van der Waals surface area (Å²) >= 11 is 0. The molecule has 2 atom stereocenters. The second-order valence-corrected chi connectivity index (χ2v) is 6.09. The van der Waals surface area contributed by atoms with Crippen molar-refractivity contribution in [1.82, 2.24) is 0 Å². The molecule has 0 aliphatic heterocycles. The number of nitrogens with one attached hydrogen (secondary N) is 1. The van der Waals surface area contributed by atoms with Gasteiger partial charge in [0.25, 0.3) is 5.69 Å². The van der Waals surface area contributed by atoms with Crippen molar-refractivity contribution in [2.45, 2.75) is 45.6 Å². The second-order valence-electron chi connectivity index (χ2n) is 6.09. The SMILES string of the molecule is CC(C)C1CCCCC1Nc1ccc(C=O)cc1[N+](=O)[O-]. The maximum atomic E-state index is 11.2. The molecule has 1 saturated carbocycles. The van der Waals surface area contributed by atoms with Gasteiger partial charge in [-0.3, -0.25) is 14.9 Å². The van der Waals surface area contributed by atoms with Crippen LogP contribution in [0.25, 0.3) is 0 Å². The molecule has 5 heteroatoms. The normalized spacial score (nSPS) is 22.0. The van der Waals surface area contributed by atoms with E-state index in [9.17, 15) is 14.9 Å². The molecule has 114 valence electrons. The van der Waals surface area contributed by atoms with Crippen LogP contribution < -0.4 is 5.32 Å². The Labute approximate surface area is 124 Å². The van der Waals surface area contributed by atoms with E-state index in [0.29, 0.717) is 29.4 Å². The van der Waals surface area contributed by atoms with Crippen molar-refractivity contribution in [2.75, 3.05) is 5.32 Å². The van der Waals surface area contributed by atoms with E-state index in [1.807, 2.05) is 0 Å². The average Bonchev–Trinajstić information content (AvgIpc) is 2.47. The predicted molar refractivity (Wildman–Crippen MR) is 82.7 cm³/mol. The van der Waals surface area contributed by atoms with Crippen LogP contribution in [0.3, 0.4) is 0 Å². The molecule has 1 aliphatic rings. The lowest BCUT2D eigenvalue weighted by Crippen LogP contribution is -2.35. The van der Waals surface area contributed by atoms with Crippen molar-refractivity contribution >= 4 is 17.7 Å². The van der Waals surface area contributed by atoms with E-state index in [-0.39, 0.29) is 11.7 Å². The lowest BCUT2D eigenvalue weighted by Gasteiger charge is -2.35. The van der Waals surface area contributed by atoms with Gasteiger partial charge in [0.05, 0.1) is 4.92 Å². The third-order valence-electron chi connectivity index (χ3n) is 4.37.